The minimum atomic E-state index is -4.89. The van der Waals surface area contributed by atoms with Gasteiger partial charge in [0.2, 0.25) is 11.8 Å². The Bertz CT molecular complexity index is 1620. The number of ketones is 1. The average molecular weight is 605 g/mol. The van der Waals surface area contributed by atoms with Crippen LogP contribution in [-0.2, 0) is 16.1 Å². The summed E-state index contributed by atoms with van der Waals surface area (Å²) >= 11 is 0. The van der Waals surface area contributed by atoms with Crippen LogP contribution in [0.3, 0.4) is 0 Å². The fourth-order valence-corrected chi connectivity index (χ4v) is 4.71. The van der Waals surface area contributed by atoms with E-state index in [-0.39, 0.29) is 30.6 Å². The van der Waals surface area contributed by atoms with E-state index in [1.165, 1.54) is 29.2 Å². The van der Waals surface area contributed by atoms with Crippen molar-refractivity contribution in [2.75, 3.05) is 4.90 Å². The first kappa shape index (κ1) is 29.6. The fourth-order valence-electron chi connectivity index (χ4n) is 4.71. The number of benzene rings is 3. The zero-order valence-electron chi connectivity index (χ0n) is 21.9. The van der Waals surface area contributed by atoms with E-state index in [0.717, 1.165) is 18.2 Å². The van der Waals surface area contributed by atoms with Gasteiger partial charge in [-0.2, -0.15) is 0 Å². The van der Waals surface area contributed by atoms with Gasteiger partial charge in [-0.25, -0.2) is 13.2 Å². The molecule has 1 aliphatic heterocycles. The molecule has 0 saturated heterocycles. The molecule has 1 heterocycles. The Labute approximate surface area is 239 Å². The lowest BCUT2D eigenvalue weighted by atomic mass is 10.0. The molecule has 2 N–H and O–H groups in total. The van der Waals surface area contributed by atoms with Crippen LogP contribution in [0.15, 0.2) is 60.7 Å². The SMILES string of the molecule is O=C1C[C@@H](NC(=O)C2(NC(=O)c3ccc(F)c(F)c3F)CC2)C(=O)N(Cc2ccc(OC(F)(F)F)cc2)c2ccccc21. The molecule has 1 atom stereocenters. The number of anilines is 1. The van der Waals surface area contributed by atoms with E-state index < -0.39 is 76.6 Å². The van der Waals surface area contributed by atoms with E-state index in [1.54, 1.807) is 12.1 Å². The molecule has 1 saturated carbocycles. The Morgan fingerprint density at radius 2 is 1.60 bits per heavy atom. The summed E-state index contributed by atoms with van der Waals surface area (Å²) in [4.78, 5) is 54.0. The smallest absolute Gasteiger partial charge is 0.406 e. The maximum Gasteiger partial charge on any atom is 0.573 e. The van der Waals surface area contributed by atoms with Crippen LogP contribution in [0.1, 0.15) is 45.5 Å². The van der Waals surface area contributed by atoms with E-state index in [9.17, 15) is 45.5 Å². The molecule has 224 valence electrons. The molecule has 5 rings (SSSR count). The Hall–Kier alpha value is -4.88. The van der Waals surface area contributed by atoms with Gasteiger partial charge in [0, 0.05) is 12.0 Å². The number of nitrogens with zero attached hydrogens (tertiary/aromatic N) is 1. The van der Waals surface area contributed by atoms with Crippen LogP contribution in [0.25, 0.3) is 0 Å². The van der Waals surface area contributed by atoms with Crippen molar-refractivity contribution in [3.05, 3.63) is 94.8 Å². The first-order valence-corrected chi connectivity index (χ1v) is 12.8. The van der Waals surface area contributed by atoms with Crippen LogP contribution in [0, 0.1) is 17.5 Å². The summed E-state index contributed by atoms with van der Waals surface area (Å²) in [6, 6.07) is 10.8. The molecule has 0 radical (unpaired) electrons. The van der Waals surface area contributed by atoms with Crippen molar-refractivity contribution in [1.82, 2.24) is 10.6 Å². The number of carbonyl (C=O) groups is 4. The molecule has 0 spiro atoms. The van der Waals surface area contributed by atoms with Gasteiger partial charge in [0.15, 0.2) is 23.2 Å². The lowest BCUT2D eigenvalue weighted by Gasteiger charge is -2.27. The Morgan fingerprint density at radius 1 is 0.930 bits per heavy atom. The maximum absolute atomic E-state index is 14.1. The maximum atomic E-state index is 14.1. The molecule has 3 aromatic carbocycles. The molecule has 3 amide bonds. The summed E-state index contributed by atoms with van der Waals surface area (Å²) in [5.41, 5.74) is -1.64. The predicted molar refractivity (Wildman–Crippen MR) is 137 cm³/mol. The van der Waals surface area contributed by atoms with E-state index in [1.807, 2.05) is 0 Å². The Morgan fingerprint density at radius 3 is 2.26 bits per heavy atom. The number of halogens is 6. The molecule has 3 aromatic rings. The van der Waals surface area contributed by atoms with Crippen LogP contribution in [0.2, 0.25) is 0 Å². The normalized spacial score (nSPS) is 17.5. The summed E-state index contributed by atoms with van der Waals surface area (Å²) < 4.78 is 82.6. The van der Waals surface area contributed by atoms with Gasteiger partial charge in [-0.1, -0.05) is 24.3 Å². The molecular formula is C29H21F6N3O5. The van der Waals surface area contributed by atoms with Crippen LogP contribution in [0.4, 0.5) is 32.0 Å². The predicted octanol–water partition coefficient (Wildman–Crippen LogP) is 4.57. The molecule has 1 aliphatic carbocycles. The van der Waals surface area contributed by atoms with E-state index in [4.69, 9.17) is 0 Å². The highest BCUT2D eigenvalue weighted by Gasteiger charge is 2.53. The number of carbonyl (C=O) groups excluding carboxylic acids is 4. The molecule has 14 heteroatoms. The number of ether oxygens (including phenoxy) is 1. The molecule has 0 bridgehead atoms. The topological polar surface area (TPSA) is 105 Å². The lowest BCUT2D eigenvalue weighted by Crippen LogP contribution is -2.55. The summed E-state index contributed by atoms with van der Waals surface area (Å²) in [5, 5.41) is 4.79. The molecule has 1 fully saturated rings. The van der Waals surface area contributed by atoms with Gasteiger partial charge >= 0.3 is 6.36 Å². The highest BCUT2D eigenvalue weighted by Crippen LogP contribution is 2.37. The Kier molecular flexibility index (Phi) is 7.63. The Balaban J connectivity index is 1.36. The van der Waals surface area contributed by atoms with Gasteiger partial charge in [0.25, 0.3) is 5.91 Å². The van der Waals surface area contributed by atoms with Gasteiger partial charge < -0.3 is 20.3 Å². The minimum Gasteiger partial charge on any atom is -0.406 e. The summed E-state index contributed by atoms with van der Waals surface area (Å²) in [5.74, 6) is -8.79. The second-order valence-corrected chi connectivity index (χ2v) is 10.0. The summed E-state index contributed by atoms with van der Waals surface area (Å²) in [6.45, 7) is -0.181. The highest BCUT2D eigenvalue weighted by molar-refractivity contribution is 6.13. The lowest BCUT2D eigenvalue weighted by molar-refractivity contribution is -0.274. The van der Waals surface area contributed by atoms with Crippen LogP contribution in [-0.4, -0.2) is 41.4 Å². The van der Waals surface area contributed by atoms with Crippen molar-refractivity contribution in [3.63, 3.8) is 0 Å². The standard InChI is InChI=1S/C29H21F6N3O5/c30-19-10-9-18(23(31)24(19)32)25(40)37-28(11-12-28)27(42)36-20-13-22(39)17-3-1-2-4-21(17)38(26(20)41)14-15-5-7-16(8-6-15)43-29(33,34)35/h1-10,20H,11-14H2,(H,36,42)(H,37,40)/t20-/m1/s1. The van der Waals surface area contributed by atoms with Crippen molar-refractivity contribution in [3.8, 4) is 5.75 Å². The minimum absolute atomic E-state index is 0.0843. The zero-order valence-corrected chi connectivity index (χ0v) is 21.9. The summed E-state index contributed by atoms with van der Waals surface area (Å²) in [7, 11) is 0. The first-order valence-electron chi connectivity index (χ1n) is 12.8. The first-order chi connectivity index (χ1) is 20.3. The van der Waals surface area contributed by atoms with Crippen molar-refractivity contribution in [2.45, 2.75) is 43.8 Å². The largest absolute Gasteiger partial charge is 0.573 e. The number of fused-ring (bicyclic) bond motifs is 1. The zero-order chi connectivity index (χ0) is 31.1. The molecule has 0 unspecified atom stereocenters. The molecule has 0 aromatic heterocycles. The number of amides is 3. The van der Waals surface area contributed by atoms with E-state index in [2.05, 4.69) is 15.4 Å². The molecule has 8 nitrogen and oxygen atoms in total. The third-order valence-electron chi connectivity index (χ3n) is 7.07. The monoisotopic (exact) mass is 605 g/mol. The number of Topliss-reactive ketones (excluding diaryl/α,β-unsaturated/α-hetero) is 1. The van der Waals surface area contributed by atoms with Crippen molar-refractivity contribution < 1.29 is 50.3 Å². The molecule has 2 aliphatic rings. The molecule has 43 heavy (non-hydrogen) atoms. The van der Waals surface area contributed by atoms with Crippen molar-refractivity contribution >= 4 is 29.2 Å². The van der Waals surface area contributed by atoms with Crippen LogP contribution in [0.5, 0.6) is 5.75 Å². The third-order valence-corrected chi connectivity index (χ3v) is 7.07. The number of alkyl halides is 3. The van der Waals surface area contributed by atoms with Gasteiger partial charge in [-0.05, 0) is 54.8 Å². The summed E-state index contributed by atoms with van der Waals surface area (Å²) in [6.07, 6.45) is -5.17. The second kappa shape index (κ2) is 11.1. The van der Waals surface area contributed by atoms with Gasteiger partial charge in [-0.3, -0.25) is 19.2 Å². The number of hydrogen-bond donors (Lipinski definition) is 2. The van der Waals surface area contributed by atoms with Gasteiger partial charge in [0.05, 0.1) is 17.8 Å². The van der Waals surface area contributed by atoms with Crippen LogP contribution >= 0.6 is 0 Å². The fraction of sp³-hybridized carbons (Fsp3) is 0.241. The highest BCUT2D eigenvalue weighted by atomic mass is 19.4. The number of para-hydroxylation sites is 1. The van der Waals surface area contributed by atoms with Gasteiger partial charge in [0.1, 0.15) is 17.3 Å². The number of nitrogens with one attached hydrogen (secondary N) is 2. The van der Waals surface area contributed by atoms with Gasteiger partial charge in [-0.15, -0.1) is 13.2 Å². The second-order valence-electron chi connectivity index (χ2n) is 10.0. The van der Waals surface area contributed by atoms with Crippen molar-refractivity contribution in [2.24, 2.45) is 0 Å². The third kappa shape index (κ3) is 6.17. The average Bonchev–Trinajstić information content (AvgIpc) is 3.75. The van der Waals surface area contributed by atoms with E-state index >= 15 is 0 Å². The number of hydrogen-bond acceptors (Lipinski definition) is 5. The van der Waals surface area contributed by atoms with Crippen molar-refractivity contribution in [1.29, 1.82) is 0 Å². The van der Waals surface area contributed by atoms with E-state index in [0.29, 0.717) is 11.6 Å². The number of rotatable bonds is 7. The quantitative estimate of drug-likeness (QED) is 0.304. The van der Waals surface area contributed by atoms with Crippen LogP contribution < -0.4 is 20.3 Å². The molecular weight excluding hydrogens is 584 g/mol.